The largest absolute Gasteiger partial charge is 0.228 e. The van der Waals surface area contributed by atoms with Crippen LogP contribution in [0.1, 0.15) is 25.0 Å². The Morgan fingerprint density at radius 2 is 0.737 bits per heavy atom. The summed E-state index contributed by atoms with van der Waals surface area (Å²) in [5.41, 5.74) is 19.7. The van der Waals surface area contributed by atoms with E-state index < -0.39 is 0 Å². The fourth-order valence-electron chi connectivity index (χ4n) is 8.62. The second-order valence-corrected chi connectivity index (χ2v) is 15.4. The Hall–Kier alpha value is -7.16. The molecule has 0 saturated carbocycles. The first-order chi connectivity index (χ1) is 28.0. The molecule has 0 fully saturated rings. The molecule has 0 N–H and O–H groups in total. The lowest BCUT2D eigenvalue weighted by atomic mass is 9.78. The second-order valence-electron chi connectivity index (χ2n) is 15.4. The number of benzene rings is 8. The van der Waals surface area contributed by atoms with E-state index in [1.165, 1.54) is 50.1 Å². The van der Waals surface area contributed by atoms with Gasteiger partial charge in [-0.05, 0) is 97.1 Å². The number of nitrogens with zero attached hydrogens (tertiary/aromatic N) is 2. The van der Waals surface area contributed by atoms with Crippen molar-refractivity contribution in [1.29, 1.82) is 0 Å². The van der Waals surface area contributed by atoms with Crippen LogP contribution in [0, 0.1) is 0 Å². The third-order valence-electron chi connectivity index (χ3n) is 11.5. The van der Waals surface area contributed by atoms with Crippen molar-refractivity contribution in [1.82, 2.24) is 9.97 Å². The lowest BCUT2D eigenvalue weighted by molar-refractivity contribution is 0.662. The molecule has 57 heavy (non-hydrogen) atoms. The molecule has 270 valence electrons. The normalized spacial score (nSPS) is 12.5. The van der Waals surface area contributed by atoms with Gasteiger partial charge in [-0.25, -0.2) is 9.97 Å². The molecule has 0 atom stereocenters. The molecule has 0 spiro atoms. The van der Waals surface area contributed by atoms with Crippen molar-refractivity contribution in [2.24, 2.45) is 0 Å². The van der Waals surface area contributed by atoms with E-state index in [-0.39, 0.29) is 5.41 Å². The number of hydrogen-bond donors (Lipinski definition) is 0. The molecule has 8 aromatic carbocycles. The van der Waals surface area contributed by atoms with Crippen molar-refractivity contribution in [2.75, 3.05) is 0 Å². The van der Waals surface area contributed by atoms with Crippen LogP contribution >= 0.6 is 0 Å². The molecule has 2 heteroatoms. The number of rotatable bonds is 7. The lowest BCUT2D eigenvalue weighted by Crippen LogP contribution is -2.16. The van der Waals surface area contributed by atoms with Gasteiger partial charge in [-0.1, -0.05) is 190 Å². The van der Waals surface area contributed by atoms with E-state index in [4.69, 9.17) is 9.97 Å². The van der Waals surface area contributed by atoms with Gasteiger partial charge in [0.25, 0.3) is 0 Å². The van der Waals surface area contributed by atoms with Gasteiger partial charge in [0, 0.05) is 22.1 Å². The van der Waals surface area contributed by atoms with Gasteiger partial charge in [0.05, 0.1) is 11.4 Å². The van der Waals surface area contributed by atoms with Gasteiger partial charge >= 0.3 is 0 Å². The van der Waals surface area contributed by atoms with Gasteiger partial charge in [-0.15, -0.1) is 0 Å². The highest BCUT2D eigenvalue weighted by Crippen LogP contribution is 2.52. The van der Waals surface area contributed by atoms with Crippen LogP contribution in [-0.2, 0) is 5.41 Å². The molecule has 0 bridgehead atoms. The van der Waals surface area contributed by atoms with Crippen molar-refractivity contribution in [3.8, 4) is 89.5 Å². The summed E-state index contributed by atoms with van der Waals surface area (Å²) >= 11 is 0. The zero-order chi connectivity index (χ0) is 38.3. The Balaban J connectivity index is 1.05. The van der Waals surface area contributed by atoms with Crippen LogP contribution in [0.4, 0.5) is 0 Å². The van der Waals surface area contributed by atoms with Crippen molar-refractivity contribution in [3.05, 3.63) is 217 Å². The summed E-state index contributed by atoms with van der Waals surface area (Å²) in [6.07, 6.45) is 0. The van der Waals surface area contributed by atoms with E-state index in [0.717, 1.165) is 44.8 Å². The highest BCUT2D eigenvalue weighted by molar-refractivity contribution is 5.89. The maximum Gasteiger partial charge on any atom is 0.160 e. The molecular formula is C55H40N2. The van der Waals surface area contributed by atoms with Crippen LogP contribution in [-0.4, -0.2) is 9.97 Å². The summed E-state index contributed by atoms with van der Waals surface area (Å²) in [5, 5.41) is 0. The topological polar surface area (TPSA) is 25.8 Å². The maximum absolute atomic E-state index is 5.21. The molecule has 1 aliphatic carbocycles. The molecule has 0 amide bonds. The molecule has 0 saturated heterocycles. The molecule has 0 aliphatic heterocycles. The molecule has 0 radical (unpaired) electrons. The summed E-state index contributed by atoms with van der Waals surface area (Å²) in [5.74, 6) is 0.701. The average Bonchev–Trinajstić information content (AvgIpc) is 3.53. The maximum atomic E-state index is 5.21. The molecule has 1 heterocycles. The minimum atomic E-state index is -0.0822. The van der Waals surface area contributed by atoms with Crippen molar-refractivity contribution >= 4 is 0 Å². The van der Waals surface area contributed by atoms with Crippen molar-refractivity contribution < 1.29 is 0 Å². The fraction of sp³-hybridized carbons (Fsp3) is 0.0545. The minimum absolute atomic E-state index is 0.0822. The molecule has 2 nitrogen and oxygen atoms in total. The Morgan fingerprint density at radius 1 is 0.298 bits per heavy atom. The molecule has 1 aromatic heterocycles. The smallest absolute Gasteiger partial charge is 0.160 e. The predicted molar refractivity (Wildman–Crippen MR) is 238 cm³/mol. The van der Waals surface area contributed by atoms with Crippen LogP contribution in [0.25, 0.3) is 89.5 Å². The third kappa shape index (κ3) is 6.36. The molecule has 10 rings (SSSR count). The van der Waals surface area contributed by atoms with Crippen LogP contribution in [0.3, 0.4) is 0 Å². The van der Waals surface area contributed by atoms with E-state index in [9.17, 15) is 0 Å². The average molecular weight is 729 g/mol. The van der Waals surface area contributed by atoms with Gasteiger partial charge in [0.1, 0.15) is 0 Å². The van der Waals surface area contributed by atoms with Crippen LogP contribution in [0.15, 0.2) is 206 Å². The van der Waals surface area contributed by atoms with E-state index in [2.05, 4.69) is 202 Å². The summed E-state index contributed by atoms with van der Waals surface area (Å²) in [6, 6.07) is 73.7. The Labute approximate surface area is 334 Å². The zero-order valence-corrected chi connectivity index (χ0v) is 32.0. The van der Waals surface area contributed by atoms with Gasteiger partial charge in [0.2, 0.25) is 0 Å². The Kier molecular flexibility index (Phi) is 8.53. The summed E-state index contributed by atoms with van der Waals surface area (Å²) in [4.78, 5) is 10.4. The number of hydrogen-bond acceptors (Lipinski definition) is 2. The standard InChI is InChI=1S/C55H40N2/c1-55(2)50-27-13-12-24-48(50)49-26-15-25-47(53(49)55)43-23-14-22-42(32-43)39-28-30-40(31-29-39)51-36-52(57-54(56-51)41-20-10-5-11-21-41)46-34-44(37-16-6-3-7-17-37)33-45(35-46)38-18-8-4-9-19-38/h3-36H,1-2H3. The van der Waals surface area contributed by atoms with E-state index in [1.807, 2.05) is 18.2 Å². The van der Waals surface area contributed by atoms with E-state index >= 15 is 0 Å². The van der Waals surface area contributed by atoms with Crippen molar-refractivity contribution in [3.63, 3.8) is 0 Å². The fourth-order valence-corrected chi connectivity index (χ4v) is 8.62. The SMILES string of the molecule is CC1(C)c2ccccc2-c2cccc(-c3cccc(-c4ccc(-c5cc(-c6cc(-c7ccccc7)cc(-c7ccccc7)c6)nc(-c6ccccc6)n5)cc4)c3)c21. The zero-order valence-electron chi connectivity index (χ0n) is 32.0. The Morgan fingerprint density at radius 3 is 1.40 bits per heavy atom. The van der Waals surface area contributed by atoms with Gasteiger partial charge in [0.15, 0.2) is 5.82 Å². The first-order valence-electron chi connectivity index (χ1n) is 19.6. The highest BCUT2D eigenvalue weighted by atomic mass is 14.9. The Bertz CT molecular complexity index is 2840. The van der Waals surface area contributed by atoms with E-state index in [0.29, 0.717) is 5.82 Å². The van der Waals surface area contributed by atoms with Crippen LogP contribution < -0.4 is 0 Å². The summed E-state index contributed by atoms with van der Waals surface area (Å²) in [6.45, 7) is 4.71. The summed E-state index contributed by atoms with van der Waals surface area (Å²) in [7, 11) is 0. The predicted octanol–water partition coefficient (Wildman–Crippen LogP) is 14.5. The first-order valence-corrected chi connectivity index (χ1v) is 19.6. The quantitative estimate of drug-likeness (QED) is 0.163. The van der Waals surface area contributed by atoms with Gasteiger partial charge < -0.3 is 0 Å². The van der Waals surface area contributed by atoms with Crippen molar-refractivity contribution in [2.45, 2.75) is 19.3 Å². The minimum Gasteiger partial charge on any atom is -0.228 e. The monoisotopic (exact) mass is 728 g/mol. The molecule has 1 aliphatic rings. The molecular weight excluding hydrogens is 689 g/mol. The lowest BCUT2D eigenvalue weighted by Gasteiger charge is -2.24. The van der Waals surface area contributed by atoms with Crippen LogP contribution in [0.5, 0.6) is 0 Å². The first kappa shape index (κ1) is 34.3. The highest BCUT2D eigenvalue weighted by Gasteiger charge is 2.37. The molecule has 9 aromatic rings. The van der Waals surface area contributed by atoms with Gasteiger partial charge in [-0.3, -0.25) is 0 Å². The third-order valence-corrected chi connectivity index (χ3v) is 11.5. The van der Waals surface area contributed by atoms with Crippen LogP contribution in [0.2, 0.25) is 0 Å². The van der Waals surface area contributed by atoms with Gasteiger partial charge in [-0.2, -0.15) is 0 Å². The number of aromatic nitrogens is 2. The summed E-state index contributed by atoms with van der Waals surface area (Å²) < 4.78 is 0. The second kappa shape index (κ2) is 14.2. The molecule has 0 unspecified atom stereocenters. The van der Waals surface area contributed by atoms with E-state index in [1.54, 1.807) is 0 Å². The number of fused-ring (bicyclic) bond motifs is 3.